The first-order valence-corrected chi connectivity index (χ1v) is 10.2. The van der Waals surface area contributed by atoms with Gasteiger partial charge >= 0.3 is 12.1 Å². The molecule has 3 unspecified atom stereocenters. The minimum Gasteiger partial charge on any atom is -0.480 e. The van der Waals surface area contributed by atoms with Gasteiger partial charge in [-0.2, -0.15) is 0 Å². The third kappa shape index (κ3) is 8.04. The molecule has 0 aromatic heterocycles. The Bertz CT molecular complexity index is 600. The van der Waals surface area contributed by atoms with Gasteiger partial charge in [0.25, 0.3) is 0 Å². The normalized spacial score (nSPS) is 22.5. The average Bonchev–Trinajstić information content (AvgIpc) is 2.99. The van der Waals surface area contributed by atoms with Gasteiger partial charge < -0.3 is 25.2 Å². The van der Waals surface area contributed by atoms with Crippen molar-refractivity contribution in [1.29, 1.82) is 0 Å². The molecule has 3 N–H and O–H groups in total. The van der Waals surface area contributed by atoms with Crippen LogP contribution in [0, 0.1) is 11.8 Å². The molecule has 0 aromatic carbocycles. The quantitative estimate of drug-likeness (QED) is 0.501. The number of likely N-dealkylation sites (tertiary alicyclic amines) is 1. The molecule has 0 radical (unpaired) electrons. The van der Waals surface area contributed by atoms with E-state index in [-0.39, 0.29) is 18.9 Å². The third-order valence-corrected chi connectivity index (χ3v) is 5.08. The molecule has 0 aliphatic carbocycles. The second kappa shape index (κ2) is 10.6. The number of nitrogens with one attached hydrogen (secondary N) is 1. The largest absolute Gasteiger partial charge is 0.480 e. The first-order chi connectivity index (χ1) is 13.4. The predicted molar refractivity (Wildman–Crippen MR) is 109 cm³/mol. The molecule has 2 amide bonds. The van der Waals surface area contributed by atoms with Crippen molar-refractivity contribution in [2.45, 2.75) is 84.1 Å². The van der Waals surface area contributed by atoms with Gasteiger partial charge in [0.1, 0.15) is 17.7 Å². The molecular weight excluding hydrogens is 376 g/mol. The van der Waals surface area contributed by atoms with Crippen LogP contribution in [0.3, 0.4) is 0 Å². The lowest BCUT2D eigenvalue weighted by atomic mass is 9.92. The minimum absolute atomic E-state index is 0.0224. The van der Waals surface area contributed by atoms with Crippen LogP contribution in [0.2, 0.25) is 0 Å². The molecule has 1 heterocycles. The van der Waals surface area contributed by atoms with E-state index in [9.17, 15) is 24.6 Å². The maximum Gasteiger partial charge on any atom is 0.408 e. The molecule has 29 heavy (non-hydrogen) atoms. The lowest BCUT2D eigenvalue weighted by Crippen LogP contribution is -2.55. The molecule has 166 valence electrons. The first-order valence-electron chi connectivity index (χ1n) is 10.2. The number of hydrogen-bond acceptors (Lipinski definition) is 5. The zero-order valence-electron chi connectivity index (χ0n) is 18.2. The monoisotopic (exact) mass is 412 g/mol. The molecule has 5 atom stereocenters. The number of rotatable bonds is 9. The van der Waals surface area contributed by atoms with Crippen molar-refractivity contribution in [2.24, 2.45) is 11.8 Å². The topological polar surface area (TPSA) is 116 Å². The van der Waals surface area contributed by atoms with Crippen LogP contribution in [0.5, 0.6) is 0 Å². The van der Waals surface area contributed by atoms with Gasteiger partial charge in [-0.1, -0.05) is 26.3 Å². The number of hydrogen-bond donors (Lipinski definition) is 3. The average molecular weight is 413 g/mol. The minimum atomic E-state index is -1.17. The zero-order chi connectivity index (χ0) is 22.4. The van der Waals surface area contributed by atoms with E-state index in [1.807, 2.05) is 13.0 Å². The summed E-state index contributed by atoms with van der Waals surface area (Å²) in [4.78, 5) is 38.2. The molecule has 0 saturated carbocycles. The number of alkyl carbamates (subject to hydrolysis) is 1. The van der Waals surface area contributed by atoms with Crippen LogP contribution in [0.25, 0.3) is 0 Å². The fourth-order valence-corrected chi connectivity index (χ4v) is 3.40. The molecular formula is C21H36N2O6. The Labute approximate surface area is 173 Å². The van der Waals surface area contributed by atoms with E-state index in [1.165, 1.54) is 0 Å². The van der Waals surface area contributed by atoms with Crippen LogP contribution in [0.4, 0.5) is 4.79 Å². The fourth-order valence-electron chi connectivity index (χ4n) is 3.40. The summed E-state index contributed by atoms with van der Waals surface area (Å²) >= 11 is 0. The SMILES string of the molecule is C=CC(C)CCC[C@@H](C)[C@H](NC(=O)OC(C)(C)C)C(=O)N1CC(O)CC1C(=O)O. The van der Waals surface area contributed by atoms with E-state index in [4.69, 9.17) is 4.74 Å². The molecule has 1 saturated heterocycles. The summed E-state index contributed by atoms with van der Waals surface area (Å²) in [5.74, 6) is -1.57. The molecule has 1 fully saturated rings. The van der Waals surface area contributed by atoms with Crippen molar-refractivity contribution in [3.8, 4) is 0 Å². The van der Waals surface area contributed by atoms with Gasteiger partial charge in [-0.25, -0.2) is 9.59 Å². The van der Waals surface area contributed by atoms with Crippen molar-refractivity contribution in [1.82, 2.24) is 10.2 Å². The number of ether oxygens (including phenoxy) is 1. The van der Waals surface area contributed by atoms with Crippen molar-refractivity contribution in [3.05, 3.63) is 12.7 Å². The van der Waals surface area contributed by atoms with Crippen molar-refractivity contribution < 1.29 is 29.3 Å². The standard InChI is InChI=1S/C21H36N2O6/c1-7-13(2)9-8-10-14(3)17(22-20(28)29-21(4,5)6)18(25)23-12-15(24)11-16(23)19(26)27/h7,13-17,24H,1,8-12H2,2-6H3,(H,22,28)(H,26,27)/t13?,14-,15?,16?,17+/m1/s1. The summed E-state index contributed by atoms with van der Waals surface area (Å²) < 4.78 is 5.29. The Morgan fingerprint density at radius 2 is 1.90 bits per heavy atom. The Hall–Kier alpha value is -2.09. The highest BCUT2D eigenvalue weighted by atomic mass is 16.6. The van der Waals surface area contributed by atoms with Crippen molar-refractivity contribution in [3.63, 3.8) is 0 Å². The third-order valence-electron chi connectivity index (χ3n) is 5.08. The number of β-amino-alcohol motifs (C(OH)–C–C–N with tert-alkyl or cyclic N) is 1. The summed E-state index contributed by atoms with van der Waals surface area (Å²) in [7, 11) is 0. The van der Waals surface area contributed by atoms with Crippen molar-refractivity contribution >= 4 is 18.0 Å². The van der Waals surface area contributed by atoms with Gasteiger partial charge in [0.15, 0.2) is 0 Å². The van der Waals surface area contributed by atoms with E-state index in [1.54, 1.807) is 20.8 Å². The summed E-state index contributed by atoms with van der Waals surface area (Å²) in [6, 6.07) is -2.04. The smallest absolute Gasteiger partial charge is 0.408 e. The predicted octanol–water partition coefficient (Wildman–Crippen LogP) is 2.55. The van der Waals surface area contributed by atoms with E-state index < -0.39 is 41.8 Å². The highest BCUT2D eigenvalue weighted by Gasteiger charge is 2.43. The fraction of sp³-hybridized carbons (Fsp3) is 0.762. The van der Waals surface area contributed by atoms with E-state index in [0.717, 1.165) is 17.7 Å². The van der Waals surface area contributed by atoms with E-state index in [2.05, 4.69) is 18.8 Å². The molecule has 0 bridgehead atoms. The maximum absolute atomic E-state index is 13.2. The van der Waals surface area contributed by atoms with E-state index >= 15 is 0 Å². The van der Waals surface area contributed by atoms with Crippen LogP contribution in [-0.2, 0) is 14.3 Å². The molecule has 0 spiro atoms. The molecule has 1 aliphatic heterocycles. The second-order valence-corrected chi connectivity index (χ2v) is 8.98. The van der Waals surface area contributed by atoms with Crippen LogP contribution in [0.15, 0.2) is 12.7 Å². The highest BCUT2D eigenvalue weighted by molar-refractivity contribution is 5.90. The number of nitrogens with zero attached hydrogens (tertiary/aromatic N) is 1. The Morgan fingerprint density at radius 1 is 1.28 bits per heavy atom. The molecule has 1 rings (SSSR count). The Balaban J connectivity index is 2.95. The molecule has 0 aromatic rings. The lowest BCUT2D eigenvalue weighted by Gasteiger charge is -2.31. The van der Waals surface area contributed by atoms with Gasteiger partial charge in [-0.3, -0.25) is 4.79 Å². The van der Waals surface area contributed by atoms with Crippen LogP contribution >= 0.6 is 0 Å². The number of aliphatic carboxylic acids is 1. The number of carboxylic acid groups (broad SMARTS) is 1. The van der Waals surface area contributed by atoms with Gasteiger partial charge in [0.2, 0.25) is 5.91 Å². The summed E-state index contributed by atoms with van der Waals surface area (Å²) in [5, 5.41) is 21.9. The van der Waals surface area contributed by atoms with Gasteiger partial charge in [0.05, 0.1) is 6.10 Å². The van der Waals surface area contributed by atoms with Gasteiger partial charge in [-0.05, 0) is 45.4 Å². The number of allylic oxidation sites excluding steroid dienone is 1. The number of carbonyl (C=O) groups is 3. The van der Waals surface area contributed by atoms with E-state index in [0.29, 0.717) is 12.3 Å². The van der Waals surface area contributed by atoms with Crippen LogP contribution in [-0.4, -0.2) is 63.4 Å². The number of aliphatic hydroxyl groups excluding tert-OH is 1. The number of carboxylic acids is 1. The maximum atomic E-state index is 13.2. The summed E-state index contributed by atoms with van der Waals surface area (Å²) in [6.45, 7) is 12.8. The molecule has 8 nitrogen and oxygen atoms in total. The zero-order valence-corrected chi connectivity index (χ0v) is 18.2. The van der Waals surface area contributed by atoms with Crippen LogP contribution < -0.4 is 5.32 Å². The summed E-state index contributed by atoms with van der Waals surface area (Å²) in [5.41, 5.74) is -0.728. The second-order valence-electron chi connectivity index (χ2n) is 8.98. The molecule has 1 aliphatic rings. The van der Waals surface area contributed by atoms with Gasteiger partial charge in [-0.15, -0.1) is 6.58 Å². The van der Waals surface area contributed by atoms with Gasteiger partial charge in [0, 0.05) is 13.0 Å². The highest BCUT2D eigenvalue weighted by Crippen LogP contribution is 2.24. The van der Waals surface area contributed by atoms with Crippen molar-refractivity contribution in [2.75, 3.05) is 6.54 Å². The number of carbonyl (C=O) groups excluding carboxylic acids is 2. The Morgan fingerprint density at radius 3 is 2.41 bits per heavy atom. The van der Waals surface area contributed by atoms with Crippen LogP contribution in [0.1, 0.15) is 60.3 Å². The molecule has 8 heteroatoms. The lowest BCUT2D eigenvalue weighted by molar-refractivity contribution is -0.149. The Kier molecular flexibility index (Phi) is 9.14. The number of amides is 2. The summed E-state index contributed by atoms with van der Waals surface area (Å²) in [6.07, 6.45) is 2.62. The first kappa shape index (κ1) is 24.9. The number of aliphatic hydroxyl groups is 1.